The molecule has 1 aliphatic heterocycles. The van der Waals surface area contributed by atoms with E-state index in [0.717, 1.165) is 12.6 Å². The van der Waals surface area contributed by atoms with Crippen molar-refractivity contribution in [1.82, 2.24) is 0 Å². The molecule has 1 fully saturated rings. The number of hydrogen-bond acceptors (Lipinski definition) is 2. The van der Waals surface area contributed by atoms with Crippen LogP contribution in [0, 0.1) is 0 Å². The second kappa shape index (κ2) is 3.53. The molecule has 2 nitrogen and oxygen atoms in total. The van der Waals surface area contributed by atoms with Crippen LogP contribution in [0.2, 0.25) is 0 Å². The van der Waals surface area contributed by atoms with Crippen molar-refractivity contribution >= 4 is 5.69 Å². The van der Waals surface area contributed by atoms with Gasteiger partial charge in [0.05, 0.1) is 0 Å². The molecule has 1 atom stereocenters. The van der Waals surface area contributed by atoms with Gasteiger partial charge in [0.1, 0.15) is 0 Å². The number of nitrogens with zero attached hydrogens (tertiary/aromatic N) is 1. The van der Waals surface area contributed by atoms with Crippen molar-refractivity contribution in [3.05, 3.63) is 29.8 Å². The van der Waals surface area contributed by atoms with E-state index in [1.54, 1.807) is 0 Å². The van der Waals surface area contributed by atoms with E-state index in [-0.39, 0.29) is 6.04 Å². The van der Waals surface area contributed by atoms with Gasteiger partial charge in [0, 0.05) is 24.3 Å². The maximum absolute atomic E-state index is 6.16. The highest BCUT2D eigenvalue weighted by atomic mass is 15.2. The highest BCUT2D eigenvalue weighted by Crippen LogP contribution is 2.38. The summed E-state index contributed by atoms with van der Waals surface area (Å²) in [5.41, 5.74) is 8.89. The third kappa shape index (κ3) is 1.44. The first-order chi connectivity index (χ1) is 7.36. The Balaban J connectivity index is 1.93. The van der Waals surface area contributed by atoms with Gasteiger partial charge in [0.15, 0.2) is 0 Å². The summed E-state index contributed by atoms with van der Waals surface area (Å²) in [7, 11) is 0. The minimum atomic E-state index is 0.224. The van der Waals surface area contributed by atoms with Crippen molar-refractivity contribution < 1.29 is 0 Å². The van der Waals surface area contributed by atoms with Crippen molar-refractivity contribution in [1.29, 1.82) is 0 Å². The number of nitrogens with two attached hydrogens (primary N) is 1. The molecule has 15 heavy (non-hydrogen) atoms. The highest BCUT2D eigenvalue weighted by Gasteiger charge is 2.31. The van der Waals surface area contributed by atoms with Gasteiger partial charge in [0.2, 0.25) is 0 Å². The third-order valence-electron chi connectivity index (χ3n) is 3.80. The van der Waals surface area contributed by atoms with Crippen LogP contribution >= 0.6 is 0 Å². The standard InChI is InChI=1S/C13H18N2/c14-12-9-15(10-5-1-2-6-10)13-8-4-3-7-11(12)13/h3-4,7-8,10,12H,1-2,5-6,9,14H2/t12-/m0/s1. The molecule has 0 bridgehead atoms. The van der Waals surface area contributed by atoms with Gasteiger partial charge >= 0.3 is 0 Å². The minimum Gasteiger partial charge on any atom is -0.366 e. The molecule has 0 spiro atoms. The van der Waals surface area contributed by atoms with Gasteiger partial charge in [-0.25, -0.2) is 0 Å². The van der Waals surface area contributed by atoms with Crippen LogP contribution in [0.15, 0.2) is 24.3 Å². The van der Waals surface area contributed by atoms with E-state index >= 15 is 0 Å². The Kier molecular flexibility index (Phi) is 2.17. The molecule has 1 heterocycles. The van der Waals surface area contributed by atoms with Crippen molar-refractivity contribution in [3.8, 4) is 0 Å². The van der Waals surface area contributed by atoms with Crippen molar-refractivity contribution in [3.63, 3.8) is 0 Å². The normalized spacial score (nSPS) is 25.9. The Labute approximate surface area is 91.1 Å². The quantitative estimate of drug-likeness (QED) is 0.758. The van der Waals surface area contributed by atoms with Gasteiger partial charge in [-0.05, 0) is 24.5 Å². The zero-order valence-electron chi connectivity index (χ0n) is 9.02. The molecule has 2 heteroatoms. The molecule has 0 aromatic heterocycles. The largest absolute Gasteiger partial charge is 0.366 e. The predicted octanol–water partition coefficient (Wildman–Crippen LogP) is 2.45. The lowest BCUT2D eigenvalue weighted by Gasteiger charge is -2.26. The summed E-state index contributed by atoms with van der Waals surface area (Å²) in [4.78, 5) is 2.53. The number of benzene rings is 1. The second-order valence-corrected chi connectivity index (χ2v) is 4.76. The van der Waals surface area contributed by atoms with Crippen molar-refractivity contribution in [2.24, 2.45) is 5.73 Å². The summed E-state index contributed by atoms with van der Waals surface area (Å²) < 4.78 is 0. The van der Waals surface area contributed by atoms with Crippen LogP contribution in [0.3, 0.4) is 0 Å². The lowest BCUT2D eigenvalue weighted by atomic mass is 10.1. The molecule has 1 aromatic rings. The van der Waals surface area contributed by atoms with E-state index in [2.05, 4.69) is 29.2 Å². The van der Waals surface area contributed by atoms with Crippen LogP contribution in [0.4, 0.5) is 5.69 Å². The van der Waals surface area contributed by atoms with Crippen LogP contribution in [-0.2, 0) is 0 Å². The average molecular weight is 202 g/mol. The number of para-hydroxylation sites is 1. The summed E-state index contributed by atoms with van der Waals surface area (Å²) in [6.45, 7) is 1.02. The molecule has 1 aliphatic carbocycles. The van der Waals surface area contributed by atoms with Crippen molar-refractivity contribution in [2.75, 3.05) is 11.4 Å². The zero-order chi connectivity index (χ0) is 10.3. The number of anilines is 1. The maximum Gasteiger partial charge on any atom is 0.0493 e. The molecule has 1 saturated carbocycles. The van der Waals surface area contributed by atoms with Gasteiger partial charge in [0.25, 0.3) is 0 Å². The Morgan fingerprint density at radius 1 is 1.13 bits per heavy atom. The molecular formula is C13H18N2. The van der Waals surface area contributed by atoms with Crippen LogP contribution in [-0.4, -0.2) is 12.6 Å². The molecular weight excluding hydrogens is 184 g/mol. The van der Waals surface area contributed by atoms with E-state index in [4.69, 9.17) is 5.73 Å². The first-order valence-electron chi connectivity index (χ1n) is 5.97. The Morgan fingerprint density at radius 2 is 1.87 bits per heavy atom. The van der Waals surface area contributed by atoms with E-state index in [1.807, 2.05) is 0 Å². The lowest BCUT2D eigenvalue weighted by molar-refractivity contribution is 0.597. The Hall–Kier alpha value is -1.02. The summed E-state index contributed by atoms with van der Waals surface area (Å²) in [5.74, 6) is 0. The zero-order valence-corrected chi connectivity index (χ0v) is 9.02. The topological polar surface area (TPSA) is 29.3 Å². The van der Waals surface area contributed by atoms with Gasteiger partial charge in [-0.3, -0.25) is 0 Å². The van der Waals surface area contributed by atoms with E-state index in [1.165, 1.54) is 36.9 Å². The van der Waals surface area contributed by atoms with E-state index in [0.29, 0.717) is 0 Å². The number of fused-ring (bicyclic) bond motifs is 1. The highest BCUT2D eigenvalue weighted by molar-refractivity contribution is 5.60. The predicted molar refractivity (Wildman–Crippen MR) is 63.0 cm³/mol. The van der Waals surface area contributed by atoms with Crippen LogP contribution in [0.5, 0.6) is 0 Å². The average Bonchev–Trinajstić information content (AvgIpc) is 2.87. The molecule has 0 radical (unpaired) electrons. The summed E-state index contributed by atoms with van der Waals surface area (Å²) in [5, 5.41) is 0. The van der Waals surface area contributed by atoms with E-state index in [9.17, 15) is 0 Å². The fraction of sp³-hybridized carbons (Fsp3) is 0.538. The fourth-order valence-electron chi connectivity index (χ4n) is 3.03. The lowest BCUT2D eigenvalue weighted by Crippen LogP contribution is -2.33. The SMILES string of the molecule is N[C@H]1CN(C2CCCC2)c2ccccc21. The van der Waals surface area contributed by atoms with Crippen LogP contribution in [0.25, 0.3) is 0 Å². The molecule has 0 amide bonds. The Morgan fingerprint density at radius 3 is 2.67 bits per heavy atom. The summed E-state index contributed by atoms with van der Waals surface area (Å²) in [6, 6.07) is 9.59. The second-order valence-electron chi connectivity index (χ2n) is 4.76. The van der Waals surface area contributed by atoms with Crippen LogP contribution in [0.1, 0.15) is 37.3 Å². The third-order valence-corrected chi connectivity index (χ3v) is 3.80. The molecule has 1 aromatic carbocycles. The van der Waals surface area contributed by atoms with Gasteiger partial charge in [-0.2, -0.15) is 0 Å². The maximum atomic E-state index is 6.16. The monoisotopic (exact) mass is 202 g/mol. The number of rotatable bonds is 1. The van der Waals surface area contributed by atoms with Gasteiger partial charge in [-0.15, -0.1) is 0 Å². The summed E-state index contributed by atoms with van der Waals surface area (Å²) >= 11 is 0. The molecule has 0 saturated heterocycles. The first-order valence-corrected chi connectivity index (χ1v) is 5.97. The molecule has 2 N–H and O–H groups in total. The Bertz CT molecular complexity index is 355. The van der Waals surface area contributed by atoms with Gasteiger partial charge in [-0.1, -0.05) is 31.0 Å². The molecule has 0 unspecified atom stereocenters. The van der Waals surface area contributed by atoms with E-state index < -0.39 is 0 Å². The first kappa shape index (κ1) is 9.22. The minimum absolute atomic E-state index is 0.224. The molecule has 3 rings (SSSR count). The van der Waals surface area contributed by atoms with Crippen molar-refractivity contribution in [2.45, 2.75) is 37.8 Å². The van der Waals surface area contributed by atoms with Crippen LogP contribution < -0.4 is 10.6 Å². The number of hydrogen-bond donors (Lipinski definition) is 1. The smallest absolute Gasteiger partial charge is 0.0493 e. The molecule has 80 valence electrons. The van der Waals surface area contributed by atoms with Gasteiger partial charge < -0.3 is 10.6 Å². The fourth-order valence-corrected chi connectivity index (χ4v) is 3.03. The molecule has 2 aliphatic rings. The summed E-state index contributed by atoms with van der Waals surface area (Å²) in [6.07, 6.45) is 5.47.